The van der Waals surface area contributed by atoms with Gasteiger partial charge in [0.05, 0.1) is 5.56 Å². The average Bonchev–Trinajstić information content (AvgIpc) is 2.34. The lowest BCUT2D eigenvalue weighted by Crippen LogP contribution is -2.30. The van der Waals surface area contributed by atoms with E-state index in [1.807, 2.05) is 13.8 Å². The van der Waals surface area contributed by atoms with Crippen molar-refractivity contribution >= 4 is 0 Å². The Morgan fingerprint density at radius 1 is 1.14 bits per heavy atom. The lowest BCUT2D eigenvalue weighted by molar-refractivity contribution is -0.137. The van der Waals surface area contributed by atoms with E-state index in [4.69, 9.17) is 4.74 Å². The molecule has 120 valence electrons. The molecular formula is C15H21F4NO. The molecule has 0 bridgehead atoms. The van der Waals surface area contributed by atoms with Crippen LogP contribution in [0.4, 0.5) is 17.6 Å². The topological polar surface area (TPSA) is 21.3 Å². The van der Waals surface area contributed by atoms with Crippen LogP contribution in [0.2, 0.25) is 0 Å². The molecule has 0 unspecified atom stereocenters. The van der Waals surface area contributed by atoms with Crippen molar-refractivity contribution in [2.45, 2.75) is 33.0 Å². The third-order valence-electron chi connectivity index (χ3n) is 3.20. The van der Waals surface area contributed by atoms with Crippen molar-refractivity contribution in [3.63, 3.8) is 0 Å². The van der Waals surface area contributed by atoms with Crippen LogP contribution >= 0.6 is 0 Å². The Bertz CT molecular complexity index is 457. The van der Waals surface area contributed by atoms with E-state index in [-0.39, 0.29) is 17.5 Å². The molecule has 2 nitrogen and oxygen atoms in total. The van der Waals surface area contributed by atoms with E-state index in [2.05, 4.69) is 5.32 Å². The molecule has 1 aromatic rings. The van der Waals surface area contributed by atoms with E-state index < -0.39 is 17.6 Å². The predicted octanol–water partition coefficient (Wildman–Crippen LogP) is 4.00. The maximum Gasteiger partial charge on any atom is 0.416 e. The molecule has 0 saturated heterocycles. The summed E-state index contributed by atoms with van der Waals surface area (Å²) in [5.74, 6) is -0.875. The monoisotopic (exact) mass is 307 g/mol. The van der Waals surface area contributed by atoms with Gasteiger partial charge < -0.3 is 10.1 Å². The number of nitrogens with one attached hydrogen (secondary N) is 1. The number of benzene rings is 1. The zero-order valence-electron chi connectivity index (χ0n) is 12.5. The highest BCUT2D eigenvalue weighted by Gasteiger charge is 2.31. The average molecular weight is 307 g/mol. The Labute approximate surface area is 122 Å². The van der Waals surface area contributed by atoms with Gasteiger partial charge in [-0.2, -0.15) is 13.2 Å². The maximum absolute atomic E-state index is 13.2. The van der Waals surface area contributed by atoms with Gasteiger partial charge in [-0.3, -0.25) is 0 Å². The minimum absolute atomic E-state index is 0.0454. The first-order valence-electron chi connectivity index (χ1n) is 6.70. The first kappa shape index (κ1) is 17.9. The van der Waals surface area contributed by atoms with Crippen LogP contribution in [0, 0.1) is 11.2 Å². The fourth-order valence-electron chi connectivity index (χ4n) is 1.93. The molecule has 0 fully saturated rings. The second-order valence-electron chi connectivity index (χ2n) is 5.86. The van der Waals surface area contributed by atoms with Crippen LogP contribution in [0.3, 0.4) is 0 Å². The van der Waals surface area contributed by atoms with Gasteiger partial charge >= 0.3 is 6.18 Å². The highest BCUT2D eigenvalue weighted by Crippen LogP contribution is 2.30. The summed E-state index contributed by atoms with van der Waals surface area (Å²) in [5, 5.41) is 3.07. The van der Waals surface area contributed by atoms with Gasteiger partial charge in [0.25, 0.3) is 0 Å². The fourth-order valence-corrected chi connectivity index (χ4v) is 1.93. The molecule has 1 N–H and O–H groups in total. The van der Waals surface area contributed by atoms with Crippen LogP contribution in [0.25, 0.3) is 0 Å². The minimum atomic E-state index is -4.53. The maximum atomic E-state index is 13.2. The van der Waals surface area contributed by atoms with E-state index in [1.165, 1.54) is 0 Å². The summed E-state index contributed by atoms with van der Waals surface area (Å²) in [6.45, 7) is 5.48. The van der Waals surface area contributed by atoms with Crippen molar-refractivity contribution in [2.24, 2.45) is 5.41 Å². The Hall–Kier alpha value is -1.14. The molecular weight excluding hydrogens is 286 g/mol. The quantitative estimate of drug-likeness (QED) is 0.769. The molecule has 1 rings (SSSR count). The highest BCUT2D eigenvalue weighted by atomic mass is 19.4. The number of methoxy groups -OCH3 is 1. The van der Waals surface area contributed by atoms with Crippen molar-refractivity contribution < 1.29 is 22.3 Å². The predicted molar refractivity (Wildman–Crippen MR) is 73.4 cm³/mol. The molecule has 21 heavy (non-hydrogen) atoms. The first-order valence-corrected chi connectivity index (χ1v) is 6.70. The SMILES string of the molecule is COCCC(C)(C)CNCc1cc(F)cc(C(F)(F)F)c1. The molecule has 6 heteroatoms. The Morgan fingerprint density at radius 3 is 2.38 bits per heavy atom. The standard InChI is InChI=1S/C15H21F4NO/c1-14(2,4-5-21-3)10-20-9-11-6-12(15(17,18)19)8-13(16)7-11/h6-8,20H,4-5,9-10H2,1-3H3. The molecule has 0 amide bonds. The molecule has 0 atom stereocenters. The molecule has 0 aliphatic rings. The molecule has 0 saturated carbocycles. The van der Waals surface area contributed by atoms with Crippen LogP contribution in [0.5, 0.6) is 0 Å². The summed E-state index contributed by atoms with van der Waals surface area (Å²) in [7, 11) is 1.62. The van der Waals surface area contributed by atoms with E-state index in [1.54, 1.807) is 7.11 Å². The zero-order chi connectivity index (χ0) is 16.1. The Balaban J connectivity index is 2.62. The van der Waals surface area contributed by atoms with Crippen molar-refractivity contribution in [1.29, 1.82) is 0 Å². The Morgan fingerprint density at radius 2 is 1.81 bits per heavy atom. The molecule has 1 aromatic carbocycles. The lowest BCUT2D eigenvalue weighted by Gasteiger charge is -2.24. The van der Waals surface area contributed by atoms with Gasteiger partial charge in [-0.25, -0.2) is 4.39 Å². The van der Waals surface area contributed by atoms with Gasteiger partial charge in [0.15, 0.2) is 0 Å². The summed E-state index contributed by atoms with van der Waals surface area (Å²) in [4.78, 5) is 0. The normalized spacial score (nSPS) is 12.7. The van der Waals surface area contributed by atoms with Crippen LogP contribution in [0.15, 0.2) is 18.2 Å². The number of alkyl halides is 3. The summed E-state index contributed by atoms with van der Waals surface area (Å²) in [6, 6.07) is 2.59. The Kier molecular flexibility index (Phi) is 6.16. The van der Waals surface area contributed by atoms with Crippen LogP contribution < -0.4 is 5.32 Å². The fraction of sp³-hybridized carbons (Fsp3) is 0.600. The first-order chi connectivity index (χ1) is 9.64. The van der Waals surface area contributed by atoms with Gasteiger partial charge in [-0.1, -0.05) is 13.8 Å². The summed E-state index contributed by atoms with van der Waals surface area (Å²) in [6.07, 6.45) is -3.71. The van der Waals surface area contributed by atoms with E-state index in [9.17, 15) is 17.6 Å². The van der Waals surface area contributed by atoms with Crippen molar-refractivity contribution in [3.05, 3.63) is 35.1 Å². The number of hydrogen-bond acceptors (Lipinski definition) is 2. The number of ether oxygens (including phenoxy) is 1. The third kappa shape index (κ3) is 6.44. The van der Waals surface area contributed by atoms with Gasteiger partial charge in [-0.15, -0.1) is 0 Å². The lowest BCUT2D eigenvalue weighted by atomic mass is 9.89. The summed E-state index contributed by atoms with van der Waals surface area (Å²) in [5.41, 5.74) is -0.723. The molecule has 0 aromatic heterocycles. The molecule has 0 aliphatic heterocycles. The molecule has 0 heterocycles. The summed E-state index contributed by atoms with van der Waals surface area (Å²) < 4.78 is 56.0. The number of rotatable bonds is 7. The van der Waals surface area contributed by atoms with Gasteiger partial charge in [0, 0.05) is 26.8 Å². The van der Waals surface area contributed by atoms with E-state index >= 15 is 0 Å². The molecule has 0 spiro atoms. The van der Waals surface area contributed by atoms with Crippen molar-refractivity contribution in [2.75, 3.05) is 20.3 Å². The van der Waals surface area contributed by atoms with Gasteiger partial charge in [0.2, 0.25) is 0 Å². The zero-order valence-corrected chi connectivity index (χ0v) is 12.5. The highest BCUT2D eigenvalue weighted by molar-refractivity contribution is 5.26. The largest absolute Gasteiger partial charge is 0.416 e. The van der Waals surface area contributed by atoms with Crippen LogP contribution in [0.1, 0.15) is 31.4 Å². The summed E-state index contributed by atoms with van der Waals surface area (Å²) >= 11 is 0. The van der Waals surface area contributed by atoms with Gasteiger partial charge in [0.1, 0.15) is 5.82 Å². The number of hydrogen-bond donors (Lipinski definition) is 1. The van der Waals surface area contributed by atoms with Crippen LogP contribution in [-0.4, -0.2) is 20.3 Å². The van der Waals surface area contributed by atoms with Crippen molar-refractivity contribution in [3.8, 4) is 0 Å². The molecule has 0 aliphatic carbocycles. The van der Waals surface area contributed by atoms with Crippen molar-refractivity contribution in [1.82, 2.24) is 5.32 Å². The second kappa shape index (κ2) is 7.22. The molecule has 0 radical (unpaired) electrons. The van der Waals surface area contributed by atoms with E-state index in [0.717, 1.165) is 18.6 Å². The third-order valence-corrected chi connectivity index (χ3v) is 3.20. The van der Waals surface area contributed by atoms with Crippen LogP contribution in [-0.2, 0) is 17.5 Å². The number of halogens is 4. The minimum Gasteiger partial charge on any atom is -0.385 e. The smallest absolute Gasteiger partial charge is 0.385 e. The van der Waals surface area contributed by atoms with Gasteiger partial charge in [-0.05, 0) is 35.6 Å². The van der Waals surface area contributed by atoms with E-state index in [0.29, 0.717) is 19.2 Å². The second-order valence-corrected chi connectivity index (χ2v) is 5.86.